The number of benzene rings is 1. The molecule has 2 heteroatoms. The second-order valence-electron chi connectivity index (χ2n) is 6.00. The number of ether oxygens (including phenoxy) is 1. The first kappa shape index (κ1) is 15.3. The Morgan fingerprint density at radius 3 is 2.62 bits per heavy atom. The fourth-order valence-electron chi connectivity index (χ4n) is 2.58. The van der Waals surface area contributed by atoms with E-state index >= 15 is 0 Å². The van der Waals surface area contributed by atoms with Crippen molar-refractivity contribution in [3.8, 4) is 5.75 Å². The standard InChI is InChI=1S/C19H22O2/c1-15(17-12-19(3,13-17)14-20)8-7-9-16(2)21-18-10-5-4-6-11-18/h4-11,14,17H,1,12-13H2,2-3H3/b8-7-,16-9+/t17-,19+. The van der Waals surface area contributed by atoms with Gasteiger partial charge in [-0.15, -0.1) is 0 Å². The normalized spacial score (nSPS) is 25.4. The van der Waals surface area contributed by atoms with Crippen molar-refractivity contribution in [1.82, 2.24) is 0 Å². The highest BCUT2D eigenvalue weighted by atomic mass is 16.5. The molecule has 21 heavy (non-hydrogen) atoms. The van der Waals surface area contributed by atoms with Gasteiger partial charge < -0.3 is 9.53 Å². The van der Waals surface area contributed by atoms with Crippen LogP contribution in [-0.2, 0) is 4.79 Å². The molecule has 2 rings (SSSR count). The molecule has 0 unspecified atom stereocenters. The lowest BCUT2D eigenvalue weighted by molar-refractivity contribution is -0.121. The maximum Gasteiger partial charge on any atom is 0.126 e. The van der Waals surface area contributed by atoms with Crippen LogP contribution in [0.1, 0.15) is 26.7 Å². The lowest BCUT2D eigenvalue weighted by Crippen LogP contribution is -2.36. The lowest BCUT2D eigenvalue weighted by atomic mass is 9.62. The summed E-state index contributed by atoms with van der Waals surface area (Å²) in [6.45, 7) is 8.01. The highest BCUT2D eigenvalue weighted by Gasteiger charge is 2.40. The van der Waals surface area contributed by atoms with E-state index in [4.69, 9.17) is 4.74 Å². The molecule has 2 nitrogen and oxygen atoms in total. The summed E-state index contributed by atoms with van der Waals surface area (Å²) in [5.74, 6) is 2.09. The number of aldehydes is 1. The minimum Gasteiger partial charge on any atom is -0.462 e. The molecule has 1 aromatic rings. The van der Waals surface area contributed by atoms with Crippen molar-refractivity contribution in [2.24, 2.45) is 11.3 Å². The van der Waals surface area contributed by atoms with Crippen LogP contribution in [0.5, 0.6) is 5.75 Å². The molecule has 1 saturated carbocycles. The zero-order valence-corrected chi connectivity index (χ0v) is 12.7. The molecule has 0 spiro atoms. The molecule has 1 aliphatic rings. The molecule has 0 amide bonds. The summed E-state index contributed by atoms with van der Waals surface area (Å²) in [5.41, 5.74) is 0.946. The molecule has 1 aromatic carbocycles. The second-order valence-corrected chi connectivity index (χ2v) is 6.00. The number of allylic oxidation sites excluding steroid dienone is 5. The molecule has 1 fully saturated rings. The van der Waals surface area contributed by atoms with Gasteiger partial charge >= 0.3 is 0 Å². The molecule has 110 valence electrons. The third kappa shape index (κ3) is 4.19. The monoisotopic (exact) mass is 282 g/mol. The Hall–Kier alpha value is -2.09. The topological polar surface area (TPSA) is 26.3 Å². The Labute approximate surface area is 126 Å². The summed E-state index contributed by atoms with van der Waals surface area (Å²) in [7, 11) is 0. The molecule has 0 aromatic heterocycles. The van der Waals surface area contributed by atoms with Crippen LogP contribution in [0.3, 0.4) is 0 Å². The second kappa shape index (κ2) is 6.57. The summed E-state index contributed by atoms with van der Waals surface area (Å²) in [6.07, 6.45) is 8.77. The predicted octanol–water partition coefficient (Wildman–Crippen LogP) is 4.70. The van der Waals surface area contributed by atoms with Crippen molar-refractivity contribution >= 4 is 6.29 Å². The van der Waals surface area contributed by atoms with Crippen LogP contribution in [0, 0.1) is 11.3 Å². The number of carbonyl (C=O) groups excluding carboxylic acids is 1. The highest BCUT2D eigenvalue weighted by Crippen LogP contribution is 2.46. The summed E-state index contributed by atoms with van der Waals surface area (Å²) >= 11 is 0. The van der Waals surface area contributed by atoms with E-state index in [0.717, 1.165) is 36.2 Å². The molecule has 0 N–H and O–H groups in total. The van der Waals surface area contributed by atoms with Gasteiger partial charge in [0.25, 0.3) is 0 Å². The summed E-state index contributed by atoms with van der Waals surface area (Å²) in [4.78, 5) is 10.9. The highest BCUT2D eigenvalue weighted by molar-refractivity contribution is 5.61. The summed E-state index contributed by atoms with van der Waals surface area (Å²) in [5, 5.41) is 0. The minimum absolute atomic E-state index is 0.135. The zero-order chi connectivity index (χ0) is 15.3. The average Bonchev–Trinajstić information content (AvgIpc) is 2.44. The molecule has 0 saturated heterocycles. The molecule has 1 aliphatic carbocycles. The van der Waals surface area contributed by atoms with Gasteiger partial charge in [0.05, 0.1) is 0 Å². The van der Waals surface area contributed by atoms with E-state index in [1.165, 1.54) is 0 Å². The SMILES string of the molecule is C=C(/C=C\C=C(/C)Oc1ccccc1)[C@H]1C[C@@](C)(C=O)C1. The molecule has 0 aliphatic heterocycles. The van der Waals surface area contributed by atoms with Crippen LogP contribution >= 0.6 is 0 Å². The summed E-state index contributed by atoms with van der Waals surface area (Å²) in [6, 6.07) is 9.70. The largest absolute Gasteiger partial charge is 0.462 e. The molecular weight excluding hydrogens is 260 g/mol. The maximum atomic E-state index is 10.9. The van der Waals surface area contributed by atoms with Gasteiger partial charge in [-0.25, -0.2) is 0 Å². The van der Waals surface area contributed by atoms with E-state index < -0.39 is 0 Å². The van der Waals surface area contributed by atoms with Gasteiger partial charge in [-0.05, 0) is 43.9 Å². The molecule has 0 heterocycles. The van der Waals surface area contributed by atoms with Crippen molar-refractivity contribution in [3.05, 3.63) is 66.5 Å². The Morgan fingerprint density at radius 1 is 1.33 bits per heavy atom. The molecule has 0 atom stereocenters. The molecular formula is C19H22O2. The molecule has 0 bridgehead atoms. The average molecular weight is 282 g/mol. The predicted molar refractivity (Wildman–Crippen MR) is 86.0 cm³/mol. The van der Waals surface area contributed by atoms with E-state index in [1.54, 1.807) is 0 Å². The van der Waals surface area contributed by atoms with Crippen LogP contribution in [0.25, 0.3) is 0 Å². The van der Waals surface area contributed by atoms with Crippen molar-refractivity contribution in [2.75, 3.05) is 0 Å². The number of carbonyl (C=O) groups is 1. The van der Waals surface area contributed by atoms with Gasteiger partial charge in [-0.2, -0.15) is 0 Å². The van der Waals surface area contributed by atoms with Gasteiger partial charge in [0.2, 0.25) is 0 Å². The van der Waals surface area contributed by atoms with E-state index in [9.17, 15) is 4.79 Å². The first-order valence-corrected chi connectivity index (χ1v) is 7.25. The first-order chi connectivity index (χ1) is 10.0. The quantitative estimate of drug-likeness (QED) is 0.429. The number of hydrogen-bond acceptors (Lipinski definition) is 2. The third-order valence-corrected chi connectivity index (χ3v) is 3.90. The van der Waals surface area contributed by atoms with Crippen molar-refractivity contribution in [3.63, 3.8) is 0 Å². The van der Waals surface area contributed by atoms with Crippen molar-refractivity contribution < 1.29 is 9.53 Å². The Kier molecular flexibility index (Phi) is 4.79. The number of rotatable bonds is 6. The Morgan fingerprint density at radius 2 is 2.00 bits per heavy atom. The van der Waals surface area contributed by atoms with Crippen LogP contribution in [0.15, 0.2) is 66.5 Å². The van der Waals surface area contributed by atoms with E-state index in [1.807, 2.05) is 62.4 Å². The number of hydrogen-bond donors (Lipinski definition) is 0. The van der Waals surface area contributed by atoms with Gasteiger partial charge in [-0.1, -0.05) is 49.4 Å². The van der Waals surface area contributed by atoms with E-state index in [0.29, 0.717) is 5.92 Å². The zero-order valence-electron chi connectivity index (χ0n) is 12.7. The Balaban J connectivity index is 1.83. The van der Waals surface area contributed by atoms with Crippen LogP contribution in [0.4, 0.5) is 0 Å². The van der Waals surface area contributed by atoms with Gasteiger partial charge in [-0.3, -0.25) is 0 Å². The van der Waals surface area contributed by atoms with Crippen LogP contribution in [-0.4, -0.2) is 6.29 Å². The Bertz CT molecular complexity index is 560. The fraction of sp³-hybridized carbons (Fsp3) is 0.316. The van der Waals surface area contributed by atoms with E-state index in [2.05, 4.69) is 6.58 Å². The van der Waals surface area contributed by atoms with Crippen LogP contribution < -0.4 is 4.74 Å². The van der Waals surface area contributed by atoms with Crippen molar-refractivity contribution in [1.29, 1.82) is 0 Å². The smallest absolute Gasteiger partial charge is 0.126 e. The van der Waals surface area contributed by atoms with E-state index in [-0.39, 0.29) is 5.41 Å². The van der Waals surface area contributed by atoms with Crippen LogP contribution in [0.2, 0.25) is 0 Å². The maximum absolute atomic E-state index is 10.9. The lowest BCUT2D eigenvalue weighted by Gasteiger charge is -2.41. The third-order valence-electron chi connectivity index (χ3n) is 3.90. The van der Waals surface area contributed by atoms with Gasteiger partial charge in [0, 0.05) is 5.41 Å². The molecule has 0 radical (unpaired) electrons. The minimum atomic E-state index is -0.135. The van der Waals surface area contributed by atoms with Gasteiger partial charge in [0.15, 0.2) is 0 Å². The number of para-hydroxylation sites is 1. The first-order valence-electron chi connectivity index (χ1n) is 7.25. The summed E-state index contributed by atoms with van der Waals surface area (Å²) < 4.78 is 5.68. The fourth-order valence-corrected chi connectivity index (χ4v) is 2.58. The van der Waals surface area contributed by atoms with Gasteiger partial charge in [0.1, 0.15) is 17.8 Å². The van der Waals surface area contributed by atoms with Crippen molar-refractivity contribution in [2.45, 2.75) is 26.7 Å².